The van der Waals surface area contributed by atoms with Crippen molar-refractivity contribution in [1.29, 1.82) is 0 Å². The van der Waals surface area contributed by atoms with Gasteiger partial charge in [-0.3, -0.25) is 0 Å². The smallest absolute Gasteiger partial charge is 0.133 e. The van der Waals surface area contributed by atoms with Crippen molar-refractivity contribution in [2.24, 2.45) is 0 Å². The number of alkyl halides is 1. The molecule has 0 spiro atoms. The third-order valence-corrected chi connectivity index (χ3v) is 3.90. The average molecular weight is 238 g/mol. The summed E-state index contributed by atoms with van der Waals surface area (Å²) in [5.74, 6) is 1.05. The van der Waals surface area contributed by atoms with Gasteiger partial charge in [0, 0.05) is 22.7 Å². The van der Waals surface area contributed by atoms with Gasteiger partial charge in [-0.2, -0.15) is 0 Å². The Kier molecular flexibility index (Phi) is 2.72. The third-order valence-electron chi connectivity index (χ3n) is 3.55. The lowest BCUT2D eigenvalue weighted by atomic mass is 9.91. The summed E-state index contributed by atoms with van der Waals surface area (Å²) in [6, 6.07) is 0.517. The molecule has 0 amide bonds. The van der Waals surface area contributed by atoms with E-state index in [1.54, 1.807) is 6.33 Å². The zero-order chi connectivity index (χ0) is 11.0. The molecule has 2 aliphatic carbocycles. The number of hydrogen-bond donors (Lipinski definition) is 1. The topological polar surface area (TPSA) is 37.8 Å². The average Bonchev–Trinajstić information content (AvgIpc) is 2.27. The Hall–Kier alpha value is -0.830. The van der Waals surface area contributed by atoms with Crippen molar-refractivity contribution in [3.05, 3.63) is 17.6 Å². The molecule has 0 radical (unpaired) electrons. The quantitative estimate of drug-likeness (QED) is 0.804. The maximum Gasteiger partial charge on any atom is 0.133 e. The van der Waals surface area contributed by atoms with E-state index in [0.29, 0.717) is 11.4 Å². The van der Waals surface area contributed by atoms with E-state index in [-0.39, 0.29) is 0 Å². The van der Waals surface area contributed by atoms with E-state index in [1.165, 1.54) is 24.1 Å². The molecule has 0 aliphatic heterocycles. The number of aryl methyl sites for hydroxylation is 1. The van der Waals surface area contributed by atoms with E-state index < -0.39 is 0 Å². The van der Waals surface area contributed by atoms with Gasteiger partial charge in [0.1, 0.15) is 12.1 Å². The minimum atomic E-state index is 0.357. The number of anilines is 1. The van der Waals surface area contributed by atoms with Gasteiger partial charge in [0.2, 0.25) is 0 Å². The molecule has 0 unspecified atom stereocenters. The third kappa shape index (κ3) is 1.88. The molecule has 0 bridgehead atoms. The monoisotopic (exact) mass is 237 g/mol. The zero-order valence-electron chi connectivity index (χ0n) is 9.25. The molecule has 1 saturated carbocycles. The van der Waals surface area contributed by atoms with E-state index in [4.69, 9.17) is 11.6 Å². The maximum atomic E-state index is 5.98. The molecule has 86 valence electrons. The lowest BCUT2D eigenvalue weighted by Crippen LogP contribution is -2.36. The van der Waals surface area contributed by atoms with Crippen molar-refractivity contribution in [3.8, 4) is 0 Å². The summed E-state index contributed by atoms with van der Waals surface area (Å²) < 4.78 is 0. The summed E-state index contributed by atoms with van der Waals surface area (Å²) in [6.07, 6.45) is 8.54. The van der Waals surface area contributed by atoms with E-state index in [2.05, 4.69) is 15.3 Å². The van der Waals surface area contributed by atoms with Gasteiger partial charge in [-0.1, -0.05) is 0 Å². The molecule has 3 nitrogen and oxygen atoms in total. The minimum Gasteiger partial charge on any atom is -0.367 e. The van der Waals surface area contributed by atoms with Crippen LogP contribution in [0.4, 0.5) is 5.82 Å². The minimum absolute atomic E-state index is 0.357. The molecule has 3 rings (SSSR count). The van der Waals surface area contributed by atoms with Crippen molar-refractivity contribution in [3.63, 3.8) is 0 Å². The van der Waals surface area contributed by atoms with Crippen LogP contribution in [0.2, 0.25) is 0 Å². The first kappa shape index (κ1) is 10.3. The highest BCUT2D eigenvalue weighted by Crippen LogP contribution is 2.31. The van der Waals surface area contributed by atoms with E-state index in [9.17, 15) is 0 Å². The first-order valence-electron chi connectivity index (χ1n) is 6.06. The molecule has 0 atom stereocenters. The Bertz CT molecular complexity index is 388. The summed E-state index contributed by atoms with van der Waals surface area (Å²) in [6.45, 7) is 0. The van der Waals surface area contributed by atoms with Crippen LogP contribution in [0.1, 0.15) is 36.9 Å². The normalized spacial score (nSPS) is 28.1. The summed E-state index contributed by atoms with van der Waals surface area (Å²) in [5.41, 5.74) is 2.58. The van der Waals surface area contributed by atoms with Crippen LogP contribution in [-0.4, -0.2) is 21.4 Å². The van der Waals surface area contributed by atoms with Crippen molar-refractivity contribution < 1.29 is 0 Å². The molecule has 1 N–H and O–H groups in total. The van der Waals surface area contributed by atoms with Crippen LogP contribution < -0.4 is 5.32 Å². The van der Waals surface area contributed by atoms with Crippen molar-refractivity contribution in [2.75, 3.05) is 5.32 Å². The van der Waals surface area contributed by atoms with E-state index in [0.717, 1.165) is 31.5 Å². The fourth-order valence-corrected chi connectivity index (χ4v) is 2.94. The standard InChI is InChI=1S/C12H16ClN3/c13-8-5-9(6-8)16-12-10-3-1-2-4-11(10)14-7-15-12/h7-9H,1-6H2,(H,14,15,16). The van der Waals surface area contributed by atoms with Gasteiger partial charge in [-0.25, -0.2) is 9.97 Å². The van der Waals surface area contributed by atoms with E-state index in [1.807, 2.05) is 0 Å². The summed E-state index contributed by atoms with van der Waals surface area (Å²) in [7, 11) is 0. The lowest BCUT2D eigenvalue weighted by molar-refractivity contribution is 0.452. The predicted molar refractivity (Wildman–Crippen MR) is 65.0 cm³/mol. The molecule has 1 heterocycles. The number of fused-ring (bicyclic) bond motifs is 1. The molecule has 1 aromatic rings. The highest BCUT2D eigenvalue weighted by atomic mass is 35.5. The van der Waals surface area contributed by atoms with Gasteiger partial charge < -0.3 is 5.32 Å². The van der Waals surface area contributed by atoms with Crippen LogP contribution in [-0.2, 0) is 12.8 Å². The van der Waals surface area contributed by atoms with Crippen LogP contribution in [0, 0.1) is 0 Å². The highest BCUT2D eigenvalue weighted by Gasteiger charge is 2.28. The molecule has 0 aromatic carbocycles. The molecular weight excluding hydrogens is 222 g/mol. The zero-order valence-corrected chi connectivity index (χ0v) is 10.0. The first-order chi connectivity index (χ1) is 7.83. The lowest BCUT2D eigenvalue weighted by Gasteiger charge is -2.33. The Morgan fingerprint density at radius 2 is 2.00 bits per heavy atom. The van der Waals surface area contributed by atoms with Crippen molar-refractivity contribution >= 4 is 17.4 Å². The van der Waals surface area contributed by atoms with Gasteiger partial charge in [-0.15, -0.1) is 11.6 Å². The molecule has 2 aliphatic rings. The van der Waals surface area contributed by atoms with Crippen molar-refractivity contribution in [1.82, 2.24) is 9.97 Å². The van der Waals surface area contributed by atoms with E-state index >= 15 is 0 Å². The van der Waals surface area contributed by atoms with Crippen LogP contribution in [0.3, 0.4) is 0 Å². The van der Waals surface area contributed by atoms with Gasteiger partial charge >= 0.3 is 0 Å². The van der Waals surface area contributed by atoms with Crippen LogP contribution in [0.15, 0.2) is 6.33 Å². The molecule has 16 heavy (non-hydrogen) atoms. The molecule has 4 heteroatoms. The Balaban J connectivity index is 1.78. The molecule has 1 aromatic heterocycles. The number of halogens is 1. The second kappa shape index (κ2) is 4.21. The largest absolute Gasteiger partial charge is 0.367 e. The number of hydrogen-bond acceptors (Lipinski definition) is 3. The number of rotatable bonds is 2. The SMILES string of the molecule is ClC1CC(Nc2ncnc3c2CCCC3)C1. The Morgan fingerprint density at radius 3 is 2.81 bits per heavy atom. The summed E-state index contributed by atoms with van der Waals surface area (Å²) in [5, 5.41) is 3.86. The number of nitrogens with one attached hydrogen (secondary N) is 1. The van der Waals surface area contributed by atoms with Crippen LogP contribution >= 0.6 is 11.6 Å². The summed E-state index contributed by atoms with van der Waals surface area (Å²) in [4.78, 5) is 8.74. The van der Waals surface area contributed by atoms with Crippen LogP contribution in [0.25, 0.3) is 0 Å². The van der Waals surface area contributed by atoms with Crippen LogP contribution in [0.5, 0.6) is 0 Å². The first-order valence-corrected chi connectivity index (χ1v) is 6.50. The summed E-state index contributed by atoms with van der Waals surface area (Å²) >= 11 is 5.98. The maximum absolute atomic E-state index is 5.98. The Morgan fingerprint density at radius 1 is 1.19 bits per heavy atom. The fourth-order valence-electron chi connectivity index (χ4n) is 2.51. The molecule has 0 saturated heterocycles. The highest BCUT2D eigenvalue weighted by molar-refractivity contribution is 6.21. The van der Waals surface area contributed by atoms with Gasteiger partial charge in [0.15, 0.2) is 0 Å². The Labute approximate surface area is 101 Å². The van der Waals surface area contributed by atoms with Crippen molar-refractivity contribution in [2.45, 2.75) is 49.9 Å². The predicted octanol–water partition coefficient (Wildman–Crippen LogP) is 2.54. The second-order valence-corrected chi connectivity index (χ2v) is 5.38. The second-order valence-electron chi connectivity index (χ2n) is 4.76. The number of aromatic nitrogens is 2. The molecular formula is C12H16ClN3. The van der Waals surface area contributed by atoms with Gasteiger partial charge in [0.25, 0.3) is 0 Å². The molecule has 1 fully saturated rings. The number of nitrogens with zero attached hydrogens (tertiary/aromatic N) is 2. The van der Waals surface area contributed by atoms with Gasteiger partial charge in [0.05, 0.1) is 0 Å². The fraction of sp³-hybridized carbons (Fsp3) is 0.667. The van der Waals surface area contributed by atoms with Gasteiger partial charge in [-0.05, 0) is 38.5 Å².